The van der Waals surface area contributed by atoms with Gasteiger partial charge in [0.2, 0.25) is 6.23 Å². The van der Waals surface area contributed by atoms with Gasteiger partial charge < -0.3 is 29.2 Å². The smallest absolute Gasteiger partial charge is 0.413 e. The van der Waals surface area contributed by atoms with Crippen LogP contribution in [-0.2, 0) is 20.8 Å². The molecule has 9 nitrogen and oxygen atoms in total. The highest BCUT2D eigenvalue weighted by atomic mass is 19.1. The van der Waals surface area contributed by atoms with Crippen LogP contribution >= 0.6 is 0 Å². The van der Waals surface area contributed by atoms with Crippen LogP contribution in [0.15, 0.2) is 12.1 Å². The molecule has 3 heterocycles. The van der Waals surface area contributed by atoms with Crippen molar-refractivity contribution in [2.75, 3.05) is 37.7 Å². The molecule has 1 N–H and O–H groups in total. The molecule has 10 heteroatoms. The van der Waals surface area contributed by atoms with Crippen molar-refractivity contribution in [3.8, 4) is 5.75 Å². The first kappa shape index (κ1) is 20.5. The van der Waals surface area contributed by atoms with E-state index in [-0.39, 0.29) is 13.1 Å². The van der Waals surface area contributed by atoms with E-state index in [1.807, 2.05) is 4.90 Å². The lowest BCUT2D eigenvalue weighted by atomic mass is 10.1. The van der Waals surface area contributed by atoms with Crippen molar-refractivity contribution in [2.24, 2.45) is 0 Å². The molecule has 0 aliphatic carbocycles. The number of morpholine rings is 1. The molecular weight excluding hydrogens is 397 g/mol. The molecule has 0 spiro atoms. The second kappa shape index (κ2) is 7.82. The standard InChI is InChI=1S/C20H26FN3O6/c1-20(2,3)30-18(25)22-10-16-17-24(19(26)29-16)11-12-8-14(13(21)9-15(12)28-17)23-4-6-27-7-5-23/h8-9,16-17H,4-7,10-11H2,1-3H3,(H,22,25)/t16-,17-/m0/s1. The predicted molar refractivity (Wildman–Crippen MR) is 104 cm³/mol. The van der Waals surface area contributed by atoms with Crippen LogP contribution in [0.5, 0.6) is 5.75 Å². The molecule has 2 atom stereocenters. The number of cyclic esters (lactones) is 1. The summed E-state index contributed by atoms with van der Waals surface area (Å²) in [6.45, 7) is 7.80. The van der Waals surface area contributed by atoms with Gasteiger partial charge in [-0.1, -0.05) is 0 Å². The molecule has 0 saturated carbocycles. The highest BCUT2D eigenvalue weighted by molar-refractivity contribution is 5.72. The summed E-state index contributed by atoms with van der Waals surface area (Å²) in [4.78, 5) is 27.6. The molecule has 1 aromatic rings. The molecule has 164 valence electrons. The van der Waals surface area contributed by atoms with Crippen LogP contribution in [0.3, 0.4) is 0 Å². The van der Waals surface area contributed by atoms with Gasteiger partial charge in [-0.3, -0.25) is 4.90 Å². The Kier molecular flexibility index (Phi) is 5.35. The summed E-state index contributed by atoms with van der Waals surface area (Å²) in [6, 6.07) is 3.06. The van der Waals surface area contributed by atoms with E-state index >= 15 is 0 Å². The molecule has 0 aromatic heterocycles. The molecule has 3 aliphatic rings. The minimum absolute atomic E-state index is 0.0193. The van der Waals surface area contributed by atoms with Gasteiger partial charge in [0.25, 0.3) is 0 Å². The van der Waals surface area contributed by atoms with Gasteiger partial charge in [0.05, 0.1) is 32.0 Å². The van der Waals surface area contributed by atoms with E-state index in [4.69, 9.17) is 18.9 Å². The van der Waals surface area contributed by atoms with Crippen LogP contribution in [0.2, 0.25) is 0 Å². The molecule has 1 aromatic carbocycles. The van der Waals surface area contributed by atoms with E-state index in [0.717, 1.165) is 0 Å². The zero-order valence-corrected chi connectivity index (χ0v) is 17.3. The molecule has 2 fully saturated rings. The fraction of sp³-hybridized carbons (Fsp3) is 0.600. The van der Waals surface area contributed by atoms with Gasteiger partial charge in [0.15, 0.2) is 6.10 Å². The minimum Gasteiger partial charge on any atom is -0.466 e. The van der Waals surface area contributed by atoms with Gasteiger partial charge in [-0.15, -0.1) is 0 Å². The second-order valence-corrected chi connectivity index (χ2v) is 8.45. The maximum Gasteiger partial charge on any atom is 0.413 e. The summed E-state index contributed by atoms with van der Waals surface area (Å²) in [5.41, 5.74) is 0.528. The number of rotatable bonds is 3. The molecule has 0 unspecified atom stereocenters. The number of halogens is 1. The SMILES string of the molecule is CC(C)(C)OC(=O)NC[C@@H]1OC(=O)N2Cc3cc(N4CCOCC4)c(F)cc3O[C@@H]12. The summed E-state index contributed by atoms with van der Waals surface area (Å²) < 4.78 is 36.5. The minimum atomic E-state index is -0.756. The maximum absolute atomic E-state index is 14.7. The summed E-state index contributed by atoms with van der Waals surface area (Å²) in [5.74, 6) is -0.0240. The summed E-state index contributed by atoms with van der Waals surface area (Å²) in [5, 5.41) is 2.58. The number of hydrogen-bond donors (Lipinski definition) is 1. The number of amides is 2. The summed E-state index contributed by atoms with van der Waals surface area (Å²) in [7, 11) is 0. The predicted octanol–water partition coefficient (Wildman–Crippen LogP) is 2.23. The Balaban J connectivity index is 1.47. The average molecular weight is 423 g/mol. The summed E-state index contributed by atoms with van der Waals surface area (Å²) in [6.07, 6.45) is -2.65. The lowest BCUT2D eigenvalue weighted by Gasteiger charge is -2.34. The van der Waals surface area contributed by atoms with Crippen molar-refractivity contribution in [2.45, 2.75) is 45.2 Å². The first-order valence-electron chi connectivity index (χ1n) is 9.97. The van der Waals surface area contributed by atoms with E-state index < -0.39 is 35.9 Å². The normalized spacial score (nSPS) is 23.3. The Labute approximate surface area is 174 Å². The zero-order chi connectivity index (χ0) is 21.5. The Morgan fingerprint density at radius 1 is 1.27 bits per heavy atom. The number of hydrogen-bond acceptors (Lipinski definition) is 7. The number of benzene rings is 1. The molecule has 4 rings (SSSR count). The van der Waals surface area contributed by atoms with Gasteiger partial charge in [0.1, 0.15) is 17.2 Å². The Morgan fingerprint density at radius 2 is 2.00 bits per heavy atom. The van der Waals surface area contributed by atoms with E-state index in [0.29, 0.717) is 43.3 Å². The van der Waals surface area contributed by atoms with Crippen molar-refractivity contribution < 1.29 is 32.9 Å². The van der Waals surface area contributed by atoms with Crippen molar-refractivity contribution in [1.82, 2.24) is 10.2 Å². The van der Waals surface area contributed by atoms with Crippen molar-refractivity contribution in [3.63, 3.8) is 0 Å². The zero-order valence-electron chi connectivity index (χ0n) is 17.3. The lowest BCUT2D eigenvalue weighted by Crippen LogP contribution is -2.48. The molecule has 3 aliphatic heterocycles. The number of nitrogens with zero attached hydrogens (tertiary/aromatic N) is 2. The number of ether oxygens (including phenoxy) is 4. The van der Waals surface area contributed by atoms with Crippen LogP contribution in [-0.4, -0.2) is 67.9 Å². The fourth-order valence-electron chi connectivity index (χ4n) is 3.67. The van der Waals surface area contributed by atoms with E-state index in [2.05, 4.69) is 5.32 Å². The quantitative estimate of drug-likeness (QED) is 0.797. The van der Waals surface area contributed by atoms with Gasteiger partial charge in [0, 0.05) is 24.7 Å². The van der Waals surface area contributed by atoms with E-state index in [1.165, 1.54) is 11.0 Å². The van der Waals surface area contributed by atoms with Gasteiger partial charge in [-0.05, 0) is 26.8 Å². The van der Waals surface area contributed by atoms with Gasteiger partial charge >= 0.3 is 12.2 Å². The molecule has 0 bridgehead atoms. The van der Waals surface area contributed by atoms with Crippen molar-refractivity contribution in [3.05, 3.63) is 23.5 Å². The lowest BCUT2D eigenvalue weighted by molar-refractivity contribution is 0.0143. The van der Waals surface area contributed by atoms with E-state index in [1.54, 1.807) is 26.8 Å². The number of carbonyl (C=O) groups is 2. The van der Waals surface area contributed by atoms with Crippen LogP contribution in [0.25, 0.3) is 0 Å². The van der Waals surface area contributed by atoms with Crippen LogP contribution in [0.1, 0.15) is 26.3 Å². The highest BCUT2D eigenvalue weighted by Crippen LogP contribution is 2.37. The van der Waals surface area contributed by atoms with Crippen LogP contribution < -0.4 is 15.0 Å². The molecular formula is C20H26FN3O6. The van der Waals surface area contributed by atoms with Crippen molar-refractivity contribution in [1.29, 1.82) is 0 Å². The third-order valence-corrected chi connectivity index (χ3v) is 5.03. The second-order valence-electron chi connectivity index (χ2n) is 8.45. The number of fused-ring (bicyclic) bond motifs is 2. The monoisotopic (exact) mass is 423 g/mol. The topological polar surface area (TPSA) is 89.6 Å². The molecule has 2 saturated heterocycles. The number of alkyl carbamates (subject to hydrolysis) is 1. The van der Waals surface area contributed by atoms with Crippen LogP contribution in [0, 0.1) is 5.82 Å². The van der Waals surface area contributed by atoms with Crippen molar-refractivity contribution >= 4 is 17.9 Å². The van der Waals surface area contributed by atoms with E-state index in [9.17, 15) is 14.0 Å². The molecule has 30 heavy (non-hydrogen) atoms. The summed E-state index contributed by atoms with van der Waals surface area (Å²) >= 11 is 0. The van der Waals surface area contributed by atoms with Gasteiger partial charge in [-0.2, -0.15) is 0 Å². The number of nitrogens with one attached hydrogen (secondary N) is 1. The third-order valence-electron chi connectivity index (χ3n) is 5.03. The Bertz CT molecular complexity index is 837. The van der Waals surface area contributed by atoms with Gasteiger partial charge in [-0.25, -0.2) is 14.0 Å². The Hall–Kier alpha value is -2.75. The first-order valence-corrected chi connectivity index (χ1v) is 9.97. The van der Waals surface area contributed by atoms with Crippen LogP contribution in [0.4, 0.5) is 19.7 Å². The average Bonchev–Trinajstić information content (AvgIpc) is 2.98. The number of carbonyl (C=O) groups excluding carboxylic acids is 2. The molecule has 0 radical (unpaired) electrons. The highest BCUT2D eigenvalue weighted by Gasteiger charge is 2.46. The Morgan fingerprint density at radius 3 is 2.70 bits per heavy atom. The largest absolute Gasteiger partial charge is 0.466 e. The fourth-order valence-corrected chi connectivity index (χ4v) is 3.67. The number of anilines is 1. The molecule has 2 amide bonds. The maximum atomic E-state index is 14.7. The first-order chi connectivity index (χ1) is 14.2. The third kappa shape index (κ3) is 4.23.